The third kappa shape index (κ3) is 5.99. The second-order valence-electron chi connectivity index (χ2n) is 6.29. The number of piperazine rings is 1. The average Bonchev–Trinajstić information content (AvgIpc) is 2.55. The van der Waals surface area contributed by atoms with E-state index in [1.807, 2.05) is 19.0 Å². The summed E-state index contributed by atoms with van der Waals surface area (Å²) >= 11 is 17.9. The molecule has 0 aromatic heterocycles. The lowest BCUT2D eigenvalue weighted by Crippen LogP contribution is -2.54. The molecule has 1 saturated heterocycles. The van der Waals surface area contributed by atoms with Gasteiger partial charge in [-0.05, 0) is 36.8 Å². The number of hydrogen-bond donors (Lipinski definition) is 1. The summed E-state index contributed by atoms with van der Waals surface area (Å²) in [6.07, 6.45) is 6.52. The maximum atomic E-state index is 5.59. The molecule has 1 N–H and O–H groups in total. The summed E-state index contributed by atoms with van der Waals surface area (Å²) in [4.78, 5) is 6.43. The minimum atomic E-state index is 0.573. The number of nitrogens with zero attached hydrogens (tertiary/aromatic N) is 3. The normalized spacial score (nSPS) is 19.4. The van der Waals surface area contributed by atoms with Crippen LogP contribution in [0.15, 0.2) is 0 Å². The van der Waals surface area contributed by atoms with Gasteiger partial charge in [-0.25, -0.2) is 0 Å². The van der Waals surface area contributed by atoms with Gasteiger partial charge >= 0.3 is 0 Å². The summed E-state index contributed by atoms with van der Waals surface area (Å²) in [5, 5.41) is 4.47. The SMILES string of the molecule is CN(C)C(=S)SC(=S)N1CCN(C(=S)NC2CCCCC2)CC1. The number of thiocarbonyl (C=S) groups is 3. The summed E-state index contributed by atoms with van der Waals surface area (Å²) in [7, 11) is 3.90. The molecule has 2 fully saturated rings. The predicted molar refractivity (Wildman–Crippen MR) is 112 cm³/mol. The van der Waals surface area contributed by atoms with Crippen molar-refractivity contribution >= 4 is 62.2 Å². The van der Waals surface area contributed by atoms with Gasteiger partial charge in [0.2, 0.25) is 0 Å². The second-order valence-corrected chi connectivity index (χ2v) is 8.94. The molecule has 0 unspecified atom stereocenters. The molecular weight excluding hydrogens is 364 g/mol. The Balaban J connectivity index is 1.73. The lowest BCUT2D eigenvalue weighted by Gasteiger charge is -2.38. The largest absolute Gasteiger partial charge is 0.363 e. The van der Waals surface area contributed by atoms with Crippen LogP contribution < -0.4 is 5.32 Å². The van der Waals surface area contributed by atoms with Gasteiger partial charge in [0.15, 0.2) is 5.11 Å². The Bertz CT molecular complexity index is 441. The van der Waals surface area contributed by atoms with Crippen LogP contribution in [0.5, 0.6) is 0 Å². The van der Waals surface area contributed by atoms with Crippen molar-refractivity contribution < 1.29 is 0 Å². The van der Waals surface area contributed by atoms with Crippen LogP contribution in [0.4, 0.5) is 0 Å². The highest BCUT2D eigenvalue weighted by molar-refractivity contribution is 8.37. The fourth-order valence-corrected chi connectivity index (χ4v) is 4.64. The Kier molecular flexibility index (Phi) is 7.78. The first-order chi connectivity index (χ1) is 11.0. The first kappa shape index (κ1) is 19.1. The molecule has 1 aliphatic carbocycles. The summed E-state index contributed by atoms with van der Waals surface area (Å²) in [6, 6.07) is 0.573. The van der Waals surface area contributed by atoms with Crippen LogP contribution in [0.3, 0.4) is 0 Å². The molecule has 0 aromatic carbocycles. The third-order valence-electron chi connectivity index (χ3n) is 4.30. The zero-order valence-corrected chi connectivity index (χ0v) is 17.2. The highest BCUT2D eigenvalue weighted by atomic mass is 32.2. The van der Waals surface area contributed by atoms with Gasteiger partial charge in [-0.15, -0.1) is 0 Å². The van der Waals surface area contributed by atoms with Crippen LogP contribution >= 0.6 is 48.4 Å². The molecule has 0 aromatic rings. The van der Waals surface area contributed by atoms with Crippen LogP contribution in [-0.4, -0.2) is 74.8 Å². The van der Waals surface area contributed by atoms with Gasteiger partial charge in [0.1, 0.15) is 8.64 Å². The van der Waals surface area contributed by atoms with E-state index in [9.17, 15) is 0 Å². The number of nitrogens with one attached hydrogen (secondary N) is 1. The Morgan fingerprint density at radius 1 is 0.957 bits per heavy atom. The minimum absolute atomic E-state index is 0.573. The lowest BCUT2D eigenvalue weighted by atomic mass is 9.96. The Morgan fingerprint density at radius 2 is 1.52 bits per heavy atom. The van der Waals surface area contributed by atoms with E-state index in [-0.39, 0.29) is 0 Å². The molecule has 1 saturated carbocycles. The van der Waals surface area contributed by atoms with Crippen LogP contribution in [0.1, 0.15) is 32.1 Å². The lowest BCUT2D eigenvalue weighted by molar-refractivity contribution is 0.258. The van der Waals surface area contributed by atoms with Crippen molar-refractivity contribution in [2.45, 2.75) is 38.1 Å². The molecule has 1 aliphatic heterocycles. The fraction of sp³-hybridized carbons (Fsp3) is 0.800. The predicted octanol–water partition coefficient (Wildman–Crippen LogP) is 2.68. The van der Waals surface area contributed by atoms with E-state index in [0.29, 0.717) is 6.04 Å². The van der Waals surface area contributed by atoms with E-state index in [4.69, 9.17) is 36.7 Å². The number of hydrogen-bond acceptors (Lipinski definition) is 4. The first-order valence-electron chi connectivity index (χ1n) is 8.21. The van der Waals surface area contributed by atoms with E-state index in [0.717, 1.165) is 39.9 Å². The maximum Gasteiger partial charge on any atom is 0.169 e. The van der Waals surface area contributed by atoms with Crippen molar-refractivity contribution in [2.24, 2.45) is 0 Å². The molecular formula is C15H26N4S4. The van der Waals surface area contributed by atoms with E-state index in [1.165, 1.54) is 43.9 Å². The molecule has 8 heteroatoms. The van der Waals surface area contributed by atoms with Gasteiger partial charge in [-0.2, -0.15) is 0 Å². The number of thioether (sulfide) groups is 1. The molecule has 2 aliphatic rings. The van der Waals surface area contributed by atoms with Crippen molar-refractivity contribution in [1.82, 2.24) is 20.0 Å². The zero-order valence-electron chi connectivity index (χ0n) is 13.9. The monoisotopic (exact) mass is 390 g/mol. The smallest absolute Gasteiger partial charge is 0.169 e. The van der Waals surface area contributed by atoms with Crippen LogP contribution in [0.25, 0.3) is 0 Å². The maximum absolute atomic E-state index is 5.59. The molecule has 130 valence electrons. The quantitative estimate of drug-likeness (QED) is 0.682. The summed E-state index contributed by atoms with van der Waals surface area (Å²) < 4.78 is 1.68. The summed E-state index contributed by atoms with van der Waals surface area (Å²) in [5.74, 6) is 0. The molecule has 0 bridgehead atoms. The zero-order chi connectivity index (χ0) is 16.8. The molecule has 4 nitrogen and oxygen atoms in total. The molecule has 2 rings (SSSR count). The van der Waals surface area contributed by atoms with Crippen molar-refractivity contribution in [2.75, 3.05) is 40.3 Å². The molecule has 0 spiro atoms. The minimum Gasteiger partial charge on any atom is -0.363 e. The van der Waals surface area contributed by atoms with E-state index in [2.05, 4.69) is 15.1 Å². The van der Waals surface area contributed by atoms with Gasteiger partial charge in [0, 0.05) is 46.3 Å². The van der Waals surface area contributed by atoms with Crippen LogP contribution in [-0.2, 0) is 0 Å². The van der Waals surface area contributed by atoms with Gasteiger partial charge < -0.3 is 20.0 Å². The fourth-order valence-electron chi connectivity index (χ4n) is 2.84. The van der Waals surface area contributed by atoms with Crippen molar-refractivity contribution in [3.63, 3.8) is 0 Å². The molecule has 0 radical (unpaired) electrons. The average molecular weight is 391 g/mol. The number of rotatable bonds is 1. The highest BCUT2D eigenvalue weighted by Crippen LogP contribution is 2.19. The standard InChI is InChI=1S/C15H26N4S4/c1-17(2)14(21)23-15(22)19-10-8-18(9-11-19)13(20)16-12-6-4-3-5-7-12/h12H,3-11H2,1-2H3,(H,16,20). The Morgan fingerprint density at radius 3 is 2.09 bits per heavy atom. The van der Waals surface area contributed by atoms with Crippen LogP contribution in [0.2, 0.25) is 0 Å². The molecule has 1 heterocycles. The summed E-state index contributed by atoms with van der Waals surface area (Å²) in [5.41, 5.74) is 0. The summed E-state index contributed by atoms with van der Waals surface area (Å²) in [6.45, 7) is 3.67. The van der Waals surface area contributed by atoms with Gasteiger partial charge in [-0.1, -0.05) is 43.7 Å². The first-order valence-corrected chi connectivity index (χ1v) is 10.2. The van der Waals surface area contributed by atoms with Crippen molar-refractivity contribution in [3.05, 3.63) is 0 Å². The third-order valence-corrected chi connectivity index (χ3v) is 6.77. The molecule has 0 amide bonds. The van der Waals surface area contributed by atoms with Gasteiger partial charge in [0.05, 0.1) is 0 Å². The van der Waals surface area contributed by atoms with E-state index >= 15 is 0 Å². The van der Waals surface area contributed by atoms with Crippen molar-refractivity contribution in [3.8, 4) is 0 Å². The molecule has 23 heavy (non-hydrogen) atoms. The topological polar surface area (TPSA) is 21.8 Å². The highest BCUT2D eigenvalue weighted by Gasteiger charge is 2.23. The van der Waals surface area contributed by atoms with Gasteiger partial charge in [-0.3, -0.25) is 0 Å². The second kappa shape index (κ2) is 9.34. The van der Waals surface area contributed by atoms with E-state index < -0.39 is 0 Å². The Labute approximate surface area is 160 Å². The van der Waals surface area contributed by atoms with Crippen molar-refractivity contribution in [1.29, 1.82) is 0 Å². The van der Waals surface area contributed by atoms with Crippen LogP contribution in [0, 0.1) is 0 Å². The van der Waals surface area contributed by atoms with E-state index in [1.54, 1.807) is 0 Å². The Hall–Kier alpha value is -0.180. The molecule has 0 atom stereocenters. The van der Waals surface area contributed by atoms with Gasteiger partial charge in [0.25, 0.3) is 0 Å².